The van der Waals surface area contributed by atoms with E-state index in [1.807, 2.05) is 0 Å². The number of carbonyl (C=O) groups excluding carboxylic acids is 2. The Morgan fingerprint density at radius 3 is 1.86 bits per heavy atom. The molecular weight excluding hydrogens is 460 g/mol. The number of carbonyl (C=O) groups is 2. The van der Waals surface area contributed by atoms with E-state index in [0.717, 1.165) is 0 Å². The first-order chi connectivity index (χ1) is 16.3. The van der Waals surface area contributed by atoms with E-state index in [4.69, 9.17) is 18.9 Å². The number of hydrogen-bond donors (Lipinski definition) is 1. The number of benzene rings is 2. The fraction of sp³-hybridized carbons (Fsp3) is 0.462. The highest BCUT2D eigenvalue weighted by Gasteiger charge is 2.33. The van der Waals surface area contributed by atoms with Gasteiger partial charge in [0, 0.05) is 17.0 Å². The van der Waals surface area contributed by atoms with Crippen molar-refractivity contribution in [3.8, 4) is 11.5 Å². The van der Waals surface area contributed by atoms with Crippen molar-refractivity contribution in [3.05, 3.63) is 59.2 Å². The van der Waals surface area contributed by atoms with Crippen molar-refractivity contribution in [2.75, 3.05) is 20.8 Å². The van der Waals surface area contributed by atoms with Crippen LogP contribution in [0.3, 0.4) is 0 Å². The van der Waals surface area contributed by atoms with Crippen LogP contribution in [-0.2, 0) is 14.3 Å². The third kappa shape index (κ3) is 7.65. The molecule has 192 valence electrons. The van der Waals surface area contributed by atoms with E-state index in [9.17, 15) is 18.4 Å². The van der Waals surface area contributed by atoms with E-state index >= 15 is 0 Å². The van der Waals surface area contributed by atoms with Gasteiger partial charge in [-0.1, -0.05) is 0 Å². The van der Waals surface area contributed by atoms with Crippen LogP contribution in [0.2, 0.25) is 0 Å². The summed E-state index contributed by atoms with van der Waals surface area (Å²) in [4.78, 5) is 24.0. The normalized spacial score (nSPS) is 14.1. The molecule has 0 unspecified atom stereocenters. The molecule has 7 nitrogen and oxygen atoms in total. The van der Waals surface area contributed by atoms with Gasteiger partial charge in [-0.05, 0) is 71.0 Å². The molecule has 9 heteroatoms. The van der Waals surface area contributed by atoms with Crippen LogP contribution >= 0.6 is 0 Å². The third-order valence-electron chi connectivity index (χ3n) is 5.24. The number of ether oxygens (including phenoxy) is 4. The zero-order valence-corrected chi connectivity index (χ0v) is 21.1. The van der Waals surface area contributed by atoms with Crippen LogP contribution in [0.4, 0.5) is 13.6 Å². The number of rotatable bonds is 10. The number of alkyl carbamates (subject to hydrolysis) is 1. The highest BCUT2D eigenvalue weighted by atomic mass is 19.1. The molecule has 0 fully saturated rings. The Labute approximate surface area is 204 Å². The maximum absolute atomic E-state index is 15.0. The molecule has 0 spiro atoms. The van der Waals surface area contributed by atoms with Crippen LogP contribution in [0.25, 0.3) is 0 Å². The minimum atomic E-state index is -1.44. The number of aldehydes is 1. The van der Waals surface area contributed by atoms with Gasteiger partial charge in [0.2, 0.25) is 0 Å². The van der Waals surface area contributed by atoms with Gasteiger partial charge in [0.1, 0.15) is 40.6 Å². The summed E-state index contributed by atoms with van der Waals surface area (Å²) >= 11 is 0. The first-order valence-corrected chi connectivity index (χ1v) is 11.1. The summed E-state index contributed by atoms with van der Waals surface area (Å²) in [5.41, 5.74) is -1.93. The quantitative estimate of drug-likeness (QED) is 0.469. The number of hydrogen-bond acceptors (Lipinski definition) is 6. The average Bonchev–Trinajstić information content (AvgIpc) is 2.79. The Hall–Kier alpha value is -3.20. The second-order valence-electron chi connectivity index (χ2n) is 9.43. The Balaban J connectivity index is 2.40. The molecule has 0 aromatic heterocycles. The van der Waals surface area contributed by atoms with Crippen LogP contribution < -0.4 is 14.8 Å². The minimum absolute atomic E-state index is 0.136. The van der Waals surface area contributed by atoms with Crippen molar-refractivity contribution in [1.29, 1.82) is 0 Å². The molecule has 0 saturated carbocycles. The van der Waals surface area contributed by atoms with Crippen molar-refractivity contribution in [1.82, 2.24) is 5.32 Å². The van der Waals surface area contributed by atoms with Gasteiger partial charge in [0.25, 0.3) is 0 Å². The van der Waals surface area contributed by atoms with Crippen LogP contribution in [0.1, 0.15) is 51.7 Å². The fourth-order valence-corrected chi connectivity index (χ4v) is 3.48. The summed E-state index contributed by atoms with van der Waals surface area (Å²) in [5.74, 6) is -1.34. The summed E-state index contributed by atoms with van der Waals surface area (Å²) in [6.07, 6.45) is -1.10. The van der Waals surface area contributed by atoms with E-state index in [1.165, 1.54) is 57.5 Å². The minimum Gasteiger partial charge on any atom is -0.497 e. The second-order valence-corrected chi connectivity index (χ2v) is 9.43. The molecule has 1 amide bonds. The lowest BCUT2D eigenvalue weighted by molar-refractivity contribution is -0.116. The molecule has 2 atom stereocenters. The van der Waals surface area contributed by atoms with E-state index in [2.05, 4.69) is 5.32 Å². The standard InChI is InChI=1S/C26H33F2NO6/c1-16(34-15-26(5,14-30)29-24(31)35-25(2,3)4)23(19-12-17(32-6)8-10-21(19)27)20-13-18(33-7)9-11-22(20)28/h8-14,16,23H,15H2,1-7H3,(H,29,31)/t16-,26+/m0/s1. The fourth-order valence-electron chi connectivity index (χ4n) is 3.48. The Bertz CT molecular complexity index is 985. The summed E-state index contributed by atoms with van der Waals surface area (Å²) < 4.78 is 51.6. The number of halogens is 2. The zero-order chi connectivity index (χ0) is 26.4. The van der Waals surface area contributed by atoms with Crippen LogP contribution in [-0.4, -0.2) is 50.4 Å². The lowest BCUT2D eigenvalue weighted by Crippen LogP contribution is -2.52. The van der Waals surface area contributed by atoms with Gasteiger partial charge < -0.3 is 29.1 Å². The van der Waals surface area contributed by atoms with Gasteiger partial charge >= 0.3 is 6.09 Å². The van der Waals surface area contributed by atoms with E-state index in [-0.39, 0.29) is 17.7 Å². The smallest absolute Gasteiger partial charge is 0.408 e. The number of methoxy groups -OCH3 is 2. The van der Waals surface area contributed by atoms with Gasteiger partial charge in [-0.15, -0.1) is 0 Å². The summed E-state index contributed by atoms with van der Waals surface area (Å²) in [6, 6.07) is 8.31. The largest absolute Gasteiger partial charge is 0.497 e. The number of nitrogens with one attached hydrogen (secondary N) is 1. The molecule has 35 heavy (non-hydrogen) atoms. The third-order valence-corrected chi connectivity index (χ3v) is 5.24. The van der Waals surface area contributed by atoms with Gasteiger partial charge in [0.15, 0.2) is 0 Å². The van der Waals surface area contributed by atoms with Crippen molar-refractivity contribution >= 4 is 12.4 Å². The molecule has 0 radical (unpaired) electrons. The predicted octanol–water partition coefficient (Wildman–Crippen LogP) is 5.00. The van der Waals surface area contributed by atoms with E-state index in [0.29, 0.717) is 17.8 Å². The molecular formula is C26H33F2NO6. The molecule has 0 aliphatic heterocycles. The first kappa shape index (κ1) is 28.0. The number of amides is 1. The molecule has 2 rings (SSSR count). The molecule has 0 heterocycles. The lowest BCUT2D eigenvalue weighted by atomic mass is 9.86. The molecule has 2 aromatic carbocycles. The molecule has 0 aliphatic carbocycles. The van der Waals surface area contributed by atoms with Crippen LogP contribution in [0.15, 0.2) is 36.4 Å². The maximum atomic E-state index is 15.0. The topological polar surface area (TPSA) is 83.1 Å². The maximum Gasteiger partial charge on any atom is 0.408 e. The average molecular weight is 494 g/mol. The zero-order valence-electron chi connectivity index (χ0n) is 21.1. The van der Waals surface area contributed by atoms with Crippen molar-refractivity contribution in [2.45, 2.75) is 57.8 Å². The van der Waals surface area contributed by atoms with Crippen molar-refractivity contribution in [2.24, 2.45) is 0 Å². The molecule has 0 aliphatic rings. The van der Waals surface area contributed by atoms with Crippen molar-refractivity contribution in [3.63, 3.8) is 0 Å². The summed E-state index contributed by atoms with van der Waals surface area (Å²) in [7, 11) is 2.88. The SMILES string of the molecule is COc1ccc(F)c(C(c2cc(OC)ccc2F)[C@H](C)OC[C@@](C)(C=O)NC(=O)OC(C)(C)C)c1. The lowest BCUT2D eigenvalue weighted by Gasteiger charge is -2.31. The Morgan fingerprint density at radius 2 is 1.46 bits per heavy atom. The Morgan fingerprint density at radius 1 is 0.971 bits per heavy atom. The highest BCUT2D eigenvalue weighted by Crippen LogP contribution is 2.36. The second kappa shape index (κ2) is 11.5. The molecule has 1 N–H and O–H groups in total. The van der Waals surface area contributed by atoms with Gasteiger partial charge in [-0.2, -0.15) is 0 Å². The summed E-state index contributed by atoms with van der Waals surface area (Å²) in [6.45, 7) is 7.90. The van der Waals surface area contributed by atoms with Crippen molar-refractivity contribution < 1.29 is 37.3 Å². The Kier molecular flexibility index (Phi) is 9.20. The highest BCUT2D eigenvalue weighted by molar-refractivity contribution is 5.76. The van der Waals surface area contributed by atoms with Gasteiger partial charge in [-0.25, -0.2) is 13.6 Å². The first-order valence-electron chi connectivity index (χ1n) is 11.1. The van der Waals surface area contributed by atoms with E-state index < -0.39 is 40.9 Å². The van der Waals surface area contributed by atoms with E-state index in [1.54, 1.807) is 27.7 Å². The summed E-state index contributed by atoms with van der Waals surface area (Å²) in [5, 5.41) is 2.49. The monoisotopic (exact) mass is 493 g/mol. The van der Waals surface area contributed by atoms with Gasteiger partial charge in [0.05, 0.1) is 26.9 Å². The van der Waals surface area contributed by atoms with Crippen LogP contribution in [0.5, 0.6) is 11.5 Å². The predicted molar refractivity (Wildman–Crippen MR) is 127 cm³/mol. The van der Waals surface area contributed by atoms with Crippen LogP contribution in [0, 0.1) is 11.6 Å². The molecule has 2 aromatic rings. The molecule has 0 saturated heterocycles. The molecule has 0 bridgehead atoms. The van der Waals surface area contributed by atoms with Gasteiger partial charge in [-0.3, -0.25) is 0 Å².